The average molecular weight is 445 g/mol. The van der Waals surface area contributed by atoms with Crippen LogP contribution in [-0.4, -0.2) is 32.5 Å². The summed E-state index contributed by atoms with van der Waals surface area (Å²) in [5.41, 5.74) is 2.47. The molecule has 0 saturated heterocycles. The van der Waals surface area contributed by atoms with E-state index in [1.54, 1.807) is 24.1 Å². The summed E-state index contributed by atoms with van der Waals surface area (Å²) in [5, 5.41) is 4.67. The van der Waals surface area contributed by atoms with E-state index in [1.165, 1.54) is 0 Å². The maximum Gasteiger partial charge on any atom is 0.359 e. The Kier molecular flexibility index (Phi) is 4.44. The normalized spacial score (nSPS) is 12.6. The summed E-state index contributed by atoms with van der Waals surface area (Å²) < 4.78 is 20.5. The van der Waals surface area contributed by atoms with Crippen molar-refractivity contribution in [3.8, 4) is 17.0 Å². The number of hydrogen-bond donors (Lipinski definition) is 0. The maximum atomic E-state index is 11.7. The van der Waals surface area contributed by atoms with Crippen LogP contribution in [-0.2, 0) is 11.2 Å². The van der Waals surface area contributed by atoms with Gasteiger partial charge in [-0.25, -0.2) is 4.52 Å². The number of benzene rings is 1. The van der Waals surface area contributed by atoms with Crippen molar-refractivity contribution in [2.24, 2.45) is 0 Å². The first kappa shape index (κ1) is 15.8. The molecule has 0 aliphatic carbocycles. The monoisotopic (exact) mass is 443 g/mol. The van der Waals surface area contributed by atoms with Gasteiger partial charge in [0, 0.05) is 16.7 Å². The molecule has 3 aromatic rings. The molecule has 1 atom stereocenters. The third kappa shape index (κ3) is 2.54. The Morgan fingerprint density at radius 3 is 2.64 bits per heavy atom. The van der Waals surface area contributed by atoms with Crippen LogP contribution in [0.5, 0.6) is 5.75 Å². The van der Waals surface area contributed by atoms with E-state index in [0.717, 1.165) is 31.5 Å². The van der Waals surface area contributed by atoms with Crippen LogP contribution in [0.3, 0.4) is 0 Å². The van der Waals surface area contributed by atoms with Crippen LogP contribution in [0, 0.1) is 0 Å². The van der Waals surface area contributed by atoms with Crippen LogP contribution in [0.1, 0.15) is 0 Å². The molecule has 0 aliphatic heterocycles. The van der Waals surface area contributed by atoms with Crippen LogP contribution in [0.2, 0.25) is 0 Å². The highest BCUT2D eigenvalue weighted by atomic mass is 79.9. The standard InChI is InChI=1S/C14H11Br2N3O2S/c1-21-10-6-4-3-5-8(10)13-12(16)11(15)9-7-17-14(22(2)20)18-19(9)13/h3-7H,1-2H3. The third-order valence-corrected chi connectivity index (χ3v) is 5.98. The van der Waals surface area contributed by atoms with Gasteiger partial charge in [-0.2, -0.15) is 4.98 Å². The summed E-state index contributed by atoms with van der Waals surface area (Å²) in [7, 11) is 1.62. The fourth-order valence-electron chi connectivity index (χ4n) is 2.17. The summed E-state index contributed by atoms with van der Waals surface area (Å²) in [6.45, 7) is 0. The van der Waals surface area contributed by atoms with Crippen molar-refractivity contribution in [1.82, 2.24) is 14.6 Å². The molecule has 5 nitrogen and oxygen atoms in total. The zero-order valence-electron chi connectivity index (χ0n) is 11.7. The highest BCUT2D eigenvalue weighted by molar-refractivity contribution is 9.13. The maximum absolute atomic E-state index is 11.7. The number of fused-ring (bicyclic) bond motifs is 1. The lowest BCUT2D eigenvalue weighted by Crippen LogP contribution is -2.08. The number of methoxy groups -OCH3 is 1. The zero-order valence-corrected chi connectivity index (χ0v) is 15.7. The predicted octanol–water partition coefficient (Wildman–Crippen LogP) is 3.67. The molecule has 0 spiro atoms. The van der Waals surface area contributed by atoms with Gasteiger partial charge in [-0.3, -0.25) is 0 Å². The molecule has 2 aromatic heterocycles. The Bertz CT molecular complexity index is 851. The Balaban J connectivity index is 2.37. The molecule has 0 fully saturated rings. The number of ether oxygens (including phenoxy) is 1. The Hall–Kier alpha value is -1.09. The molecule has 22 heavy (non-hydrogen) atoms. The molecule has 0 saturated carbocycles. The number of halogens is 2. The van der Waals surface area contributed by atoms with E-state index in [1.807, 2.05) is 24.3 Å². The summed E-state index contributed by atoms with van der Waals surface area (Å²) in [4.78, 5) is 4.14. The number of aromatic nitrogens is 3. The first-order chi connectivity index (χ1) is 10.5. The average Bonchev–Trinajstić information content (AvgIpc) is 2.78. The lowest BCUT2D eigenvalue weighted by Gasteiger charge is -2.09. The van der Waals surface area contributed by atoms with Crippen molar-refractivity contribution in [2.75, 3.05) is 13.4 Å². The van der Waals surface area contributed by atoms with Crippen molar-refractivity contribution < 1.29 is 9.29 Å². The molecule has 0 radical (unpaired) electrons. The largest absolute Gasteiger partial charge is 0.609 e. The topological polar surface area (TPSA) is 62.5 Å². The first-order valence-electron chi connectivity index (χ1n) is 6.24. The van der Waals surface area contributed by atoms with E-state index in [4.69, 9.17) is 4.74 Å². The summed E-state index contributed by atoms with van der Waals surface area (Å²) in [5.74, 6) is 0.730. The van der Waals surface area contributed by atoms with Gasteiger partial charge < -0.3 is 9.29 Å². The minimum atomic E-state index is -1.26. The molecule has 0 bridgehead atoms. The van der Waals surface area contributed by atoms with Crippen molar-refractivity contribution in [3.05, 3.63) is 39.4 Å². The molecule has 0 amide bonds. The fraction of sp³-hybridized carbons (Fsp3) is 0.143. The molecule has 0 aliphatic rings. The van der Waals surface area contributed by atoms with E-state index in [2.05, 4.69) is 41.9 Å². The van der Waals surface area contributed by atoms with E-state index < -0.39 is 11.2 Å². The highest BCUT2D eigenvalue weighted by Crippen LogP contribution is 2.41. The van der Waals surface area contributed by atoms with Gasteiger partial charge in [0.05, 0.1) is 33.5 Å². The molecule has 8 heteroatoms. The molecule has 3 rings (SSSR count). The van der Waals surface area contributed by atoms with Crippen LogP contribution in [0.4, 0.5) is 0 Å². The Morgan fingerprint density at radius 1 is 1.23 bits per heavy atom. The van der Waals surface area contributed by atoms with Crippen LogP contribution in [0.15, 0.2) is 44.6 Å². The van der Waals surface area contributed by atoms with Gasteiger partial charge >= 0.3 is 5.16 Å². The smallest absolute Gasteiger partial charge is 0.359 e. The van der Waals surface area contributed by atoms with E-state index in [9.17, 15) is 4.55 Å². The number of rotatable bonds is 3. The Labute approximate surface area is 147 Å². The lowest BCUT2D eigenvalue weighted by atomic mass is 10.1. The van der Waals surface area contributed by atoms with Crippen LogP contribution in [0.25, 0.3) is 16.8 Å². The predicted molar refractivity (Wildman–Crippen MR) is 92.7 cm³/mol. The van der Waals surface area contributed by atoms with Gasteiger partial charge in [0.15, 0.2) is 0 Å². The van der Waals surface area contributed by atoms with Crippen molar-refractivity contribution in [3.63, 3.8) is 0 Å². The molecule has 2 heterocycles. The molecule has 1 aromatic carbocycles. The van der Waals surface area contributed by atoms with E-state index in [-0.39, 0.29) is 5.16 Å². The molecular weight excluding hydrogens is 434 g/mol. The zero-order chi connectivity index (χ0) is 15.9. The minimum Gasteiger partial charge on any atom is -0.609 e. The second-order valence-corrected chi connectivity index (χ2v) is 7.33. The van der Waals surface area contributed by atoms with Gasteiger partial charge in [0.1, 0.15) is 12.0 Å². The minimum absolute atomic E-state index is 0.277. The van der Waals surface area contributed by atoms with E-state index >= 15 is 0 Å². The van der Waals surface area contributed by atoms with Gasteiger partial charge in [0.25, 0.3) is 0 Å². The van der Waals surface area contributed by atoms with Crippen LogP contribution >= 0.6 is 31.9 Å². The number of para-hydroxylation sites is 1. The second-order valence-electron chi connectivity index (χ2n) is 4.47. The molecular formula is C14H11Br2N3O2S. The lowest BCUT2D eigenvalue weighted by molar-refractivity contribution is 0.416. The van der Waals surface area contributed by atoms with Crippen molar-refractivity contribution in [2.45, 2.75) is 5.16 Å². The summed E-state index contributed by atoms with van der Waals surface area (Å²) >= 11 is 5.87. The summed E-state index contributed by atoms with van der Waals surface area (Å²) in [6, 6.07) is 7.66. The summed E-state index contributed by atoms with van der Waals surface area (Å²) in [6.07, 6.45) is 3.20. The Morgan fingerprint density at radius 2 is 1.95 bits per heavy atom. The fourth-order valence-corrected chi connectivity index (χ4v) is 3.61. The highest BCUT2D eigenvalue weighted by Gasteiger charge is 2.22. The number of hydrogen-bond acceptors (Lipinski definition) is 4. The number of nitrogens with zero attached hydrogens (tertiary/aromatic N) is 3. The van der Waals surface area contributed by atoms with Crippen molar-refractivity contribution in [1.29, 1.82) is 0 Å². The first-order valence-corrected chi connectivity index (χ1v) is 9.38. The molecule has 0 N–H and O–H groups in total. The molecule has 114 valence electrons. The van der Waals surface area contributed by atoms with Gasteiger partial charge in [-0.05, 0) is 44.0 Å². The van der Waals surface area contributed by atoms with E-state index in [0.29, 0.717) is 0 Å². The SMILES string of the molecule is COc1ccccc1-c1c(Br)c(Br)c2cnc([S+](C)[O-])nn12. The van der Waals surface area contributed by atoms with Crippen molar-refractivity contribution >= 4 is 48.6 Å². The van der Waals surface area contributed by atoms with Gasteiger partial charge in [0.2, 0.25) is 0 Å². The molecule has 1 unspecified atom stereocenters. The quantitative estimate of drug-likeness (QED) is 0.578. The van der Waals surface area contributed by atoms with Gasteiger partial charge in [-0.15, -0.1) is 0 Å². The van der Waals surface area contributed by atoms with Crippen LogP contribution < -0.4 is 4.74 Å². The second kappa shape index (κ2) is 6.19. The third-order valence-electron chi connectivity index (χ3n) is 3.17. The van der Waals surface area contributed by atoms with Gasteiger partial charge in [-0.1, -0.05) is 17.2 Å².